The Kier molecular flexibility index (Phi) is 3.59. The molecule has 5 heteroatoms. The van der Waals surface area contributed by atoms with Crippen molar-refractivity contribution in [1.29, 1.82) is 5.26 Å². The number of nitrogens with zero attached hydrogens (tertiary/aromatic N) is 3. The maximum atomic E-state index is 11.6. The quantitative estimate of drug-likeness (QED) is 0.528. The lowest BCUT2D eigenvalue weighted by Gasteiger charge is -2.06. The Morgan fingerprint density at radius 3 is 2.43 bits per heavy atom. The number of rotatable bonds is 3. The van der Waals surface area contributed by atoms with Crippen LogP contribution in [0.4, 0.5) is 5.69 Å². The highest BCUT2D eigenvalue weighted by Gasteiger charge is 2.27. The fraction of sp³-hybridized carbons (Fsp3) is 0.167. The van der Waals surface area contributed by atoms with Crippen LogP contribution in [0.1, 0.15) is 31.0 Å². The van der Waals surface area contributed by atoms with Crippen molar-refractivity contribution in [3.8, 4) is 17.2 Å². The third-order valence-corrected chi connectivity index (χ3v) is 3.97. The monoisotopic (exact) mass is 305 g/mol. The molecule has 0 spiro atoms. The number of pyridine rings is 1. The van der Waals surface area contributed by atoms with E-state index in [4.69, 9.17) is 0 Å². The molecule has 2 heterocycles. The molecular weight excluding hydrogens is 290 g/mol. The first-order chi connectivity index (χ1) is 11.0. The molecule has 2 aromatic heterocycles. The Labute approximate surface area is 133 Å². The molecule has 0 aliphatic heterocycles. The third-order valence-electron chi connectivity index (χ3n) is 3.97. The van der Waals surface area contributed by atoms with Crippen molar-refractivity contribution in [2.45, 2.75) is 19.8 Å². The van der Waals surface area contributed by atoms with Gasteiger partial charge in [0.25, 0.3) is 0 Å². The molecule has 0 saturated carbocycles. The van der Waals surface area contributed by atoms with Gasteiger partial charge in [-0.05, 0) is 29.2 Å². The van der Waals surface area contributed by atoms with Crippen molar-refractivity contribution < 1.29 is 4.92 Å². The molecule has 1 aromatic carbocycles. The van der Waals surface area contributed by atoms with Crippen LogP contribution in [-0.4, -0.2) is 9.32 Å². The van der Waals surface area contributed by atoms with Gasteiger partial charge in [0, 0.05) is 6.20 Å². The number of hydrogen-bond acceptors (Lipinski definition) is 3. The lowest BCUT2D eigenvalue weighted by Crippen LogP contribution is -1.91. The Morgan fingerprint density at radius 1 is 1.17 bits per heavy atom. The van der Waals surface area contributed by atoms with Crippen LogP contribution >= 0.6 is 0 Å². The first kappa shape index (κ1) is 14.8. The molecule has 114 valence electrons. The highest BCUT2D eigenvalue weighted by molar-refractivity contribution is 5.89. The van der Waals surface area contributed by atoms with Gasteiger partial charge in [-0.15, -0.1) is 0 Å². The van der Waals surface area contributed by atoms with E-state index < -0.39 is 4.92 Å². The fourth-order valence-corrected chi connectivity index (χ4v) is 2.79. The van der Waals surface area contributed by atoms with E-state index in [0.717, 1.165) is 5.56 Å². The van der Waals surface area contributed by atoms with Crippen LogP contribution in [0.3, 0.4) is 0 Å². The molecule has 5 nitrogen and oxygen atoms in total. The first-order valence-electron chi connectivity index (χ1n) is 7.32. The summed E-state index contributed by atoms with van der Waals surface area (Å²) in [5.74, 6) is 0.377. The van der Waals surface area contributed by atoms with Gasteiger partial charge < -0.3 is 4.40 Å². The van der Waals surface area contributed by atoms with Gasteiger partial charge in [0.1, 0.15) is 17.3 Å². The summed E-state index contributed by atoms with van der Waals surface area (Å²) in [4.78, 5) is 11.2. The topological polar surface area (TPSA) is 71.3 Å². The van der Waals surface area contributed by atoms with E-state index in [1.54, 1.807) is 28.8 Å². The second-order valence-corrected chi connectivity index (χ2v) is 5.67. The lowest BCUT2D eigenvalue weighted by molar-refractivity contribution is -0.382. The predicted octanol–water partition coefficient (Wildman–Crippen LogP) is 4.51. The van der Waals surface area contributed by atoms with Crippen LogP contribution in [0.5, 0.6) is 0 Å². The Morgan fingerprint density at radius 2 is 1.87 bits per heavy atom. The van der Waals surface area contributed by atoms with E-state index in [9.17, 15) is 15.4 Å². The molecule has 0 atom stereocenters. The van der Waals surface area contributed by atoms with Crippen molar-refractivity contribution in [2.75, 3.05) is 0 Å². The van der Waals surface area contributed by atoms with Gasteiger partial charge in [-0.2, -0.15) is 5.26 Å². The molecule has 0 N–H and O–H groups in total. The van der Waals surface area contributed by atoms with Gasteiger partial charge in [-0.1, -0.05) is 44.2 Å². The molecule has 23 heavy (non-hydrogen) atoms. The maximum Gasteiger partial charge on any atom is 0.303 e. The maximum absolute atomic E-state index is 11.6. The Balaban J connectivity index is 2.34. The molecule has 3 aromatic rings. The summed E-state index contributed by atoms with van der Waals surface area (Å²) in [5, 5.41) is 21.1. The van der Waals surface area contributed by atoms with Crippen LogP contribution in [0.15, 0.2) is 48.7 Å². The van der Waals surface area contributed by atoms with Crippen LogP contribution in [0, 0.1) is 21.4 Å². The van der Waals surface area contributed by atoms with Crippen LogP contribution < -0.4 is 0 Å². The molecule has 0 radical (unpaired) electrons. The number of fused-ring (bicyclic) bond motifs is 1. The van der Waals surface area contributed by atoms with E-state index in [0.29, 0.717) is 22.6 Å². The molecule has 0 aliphatic carbocycles. The van der Waals surface area contributed by atoms with Crippen LogP contribution in [0.2, 0.25) is 0 Å². The van der Waals surface area contributed by atoms with Crippen LogP contribution in [0.25, 0.3) is 16.6 Å². The van der Waals surface area contributed by atoms with Gasteiger partial charge >= 0.3 is 5.69 Å². The summed E-state index contributed by atoms with van der Waals surface area (Å²) < 4.78 is 1.57. The van der Waals surface area contributed by atoms with Gasteiger partial charge in [-0.3, -0.25) is 10.1 Å². The summed E-state index contributed by atoms with van der Waals surface area (Å²) in [6.07, 6.45) is 1.67. The summed E-state index contributed by atoms with van der Waals surface area (Å²) in [7, 11) is 0. The van der Waals surface area contributed by atoms with Crippen molar-refractivity contribution in [3.63, 3.8) is 0 Å². The minimum absolute atomic E-state index is 0.0283. The van der Waals surface area contributed by atoms with E-state index >= 15 is 0 Å². The normalized spacial score (nSPS) is 10.9. The highest BCUT2D eigenvalue weighted by atomic mass is 16.6. The first-order valence-corrected chi connectivity index (χ1v) is 7.32. The second-order valence-electron chi connectivity index (χ2n) is 5.67. The zero-order chi connectivity index (χ0) is 16.6. The number of aromatic nitrogens is 1. The summed E-state index contributed by atoms with van der Waals surface area (Å²) in [6.45, 7) is 4.18. The average Bonchev–Trinajstić information content (AvgIpc) is 2.89. The highest BCUT2D eigenvalue weighted by Crippen LogP contribution is 2.39. The van der Waals surface area contributed by atoms with Gasteiger partial charge in [0.15, 0.2) is 0 Å². The fourth-order valence-electron chi connectivity index (χ4n) is 2.79. The summed E-state index contributed by atoms with van der Waals surface area (Å²) in [6, 6.07) is 14.8. The van der Waals surface area contributed by atoms with Crippen molar-refractivity contribution in [2.24, 2.45) is 0 Å². The predicted molar refractivity (Wildman–Crippen MR) is 88.3 cm³/mol. The van der Waals surface area contributed by atoms with Gasteiger partial charge in [0.2, 0.25) is 0 Å². The molecule has 0 aliphatic rings. The average molecular weight is 305 g/mol. The minimum atomic E-state index is -0.415. The van der Waals surface area contributed by atoms with Gasteiger partial charge in [0.05, 0.1) is 10.5 Å². The second kappa shape index (κ2) is 5.58. The van der Waals surface area contributed by atoms with E-state index in [2.05, 4.69) is 19.9 Å². The SMILES string of the molecule is CC(C)c1ccc(-c2c([N+](=O)[O-])c3ccccn3c2C#N)cc1. The minimum Gasteiger partial charge on any atom is -0.301 e. The Bertz CT molecular complexity index is 931. The molecule has 3 rings (SSSR count). The molecule has 0 fully saturated rings. The van der Waals surface area contributed by atoms with Crippen LogP contribution in [-0.2, 0) is 0 Å². The molecule has 0 unspecified atom stereocenters. The third kappa shape index (κ3) is 2.34. The largest absolute Gasteiger partial charge is 0.303 e. The van der Waals surface area contributed by atoms with Crippen molar-refractivity contribution in [3.05, 3.63) is 70.0 Å². The molecule has 0 saturated heterocycles. The standard InChI is InChI=1S/C18H15N3O2/c1-12(2)13-6-8-14(9-7-13)17-16(11-19)20-10-4-3-5-15(20)18(17)21(22)23/h3-10,12H,1-2H3. The summed E-state index contributed by atoms with van der Waals surface area (Å²) in [5.41, 5.74) is 2.89. The van der Waals surface area contributed by atoms with Crippen molar-refractivity contribution in [1.82, 2.24) is 4.40 Å². The van der Waals surface area contributed by atoms with E-state index in [1.807, 2.05) is 24.3 Å². The number of nitriles is 1. The number of hydrogen-bond donors (Lipinski definition) is 0. The molecule has 0 amide bonds. The smallest absolute Gasteiger partial charge is 0.301 e. The van der Waals surface area contributed by atoms with Gasteiger partial charge in [-0.25, -0.2) is 0 Å². The van der Waals surface area contributed by atoms with E-state index in [1.165, 1.54) is 0 Å². The molecular formula is C18H15N3O2. The summed E-state index contributed by atoms with van der Waals surface area (Å²) >= 11 is 0. The number of nitro groups is 1. The van der Waals surface area contributed by atoms with E-state index in [-0.39, 0.29) is 11.4 Å². The zero-order valence-corrected chi connectivity index (χ0v) is 12.9. The lowest BCUT2D eigenvalue weighted by atomic mass is 9.98. The molecule has 0 bridgehead atoms. The zero-order valence-electron chi connectivity index (χ0n) is 12.9. The Hall–Kier alpha value is -3.13. The van der Waals surface area contributed by atoms with Crippen molar-refractivity contribution >= 4 is 11.2 Å². The number of benzene rings is 1.